The Balaban J connectivity index is 1.47. The lowest BCUT2D eigenvalue weighted by atomic mass is 10.0. The van der Waals surface area contributed by atoms with Crippen LogP contribution in [0.1, 0.15) is 45.8 Å². The Labute approximate surface area is 303 Å². The van der Waals surface area contributed by atoms with Crippen LogP contribution in [0.4, 0.5) is 68.5 Å². The predicted molar refractivity (Wildman–Crippen MR) is 161 cm³/mol. The van der Waals surface area contributed by atoms with Gasteiger partial charge in [-0.1, -0.05) is 17.7 Å². The summed E-state index contributed by atoms with van der Waals surface area (Å²) in [5.74, 6) is -16.4. The summed E-state index contributed by atoms with van der Waals surface area (Å²) in [6, 6.07) is 6.26. The van der Waals surface area contributed by atoms with Crippen LogP contribution in [0.15, 0.2) is 48.5 Å². The number of Topliss-reactive ketones (excluding diaryl/α,β-unsaturated/α-hetero) is 1. The van der Waals surface area contributed by atoms with E-state index in [1.54, 1.807) is 0 Å². The molecule has 0 aliphatic heterocycles. The molecule has 1 fully saturated rings. The van der Waals surface area contributed by atoms with Gasteiger partial charge in [0.2, 0.25) is 5.91 Å². The van der Waals surface area contributed by atoms with Crippen molar-refractivity contribution in [3.8, 4) is 0 Å². The van der Waals surface area contributed by atoms with Crippen molar-refractivity contribution in [3.05, 3.63) is 93.3 Å². The summed E-state index contributed by atoms with van der Waals surface area (Å²) in [5.41, 5.74) is -4.51. The highest BCUT2D eigenvalue weighted by Gasteiger charge is 2.68. The van der Waals surface area contributed by atoms with E-state index in [2.05, 4.69) is 10.1 Å². The Morgan fingerprint density at radius 3 is 2.02 bits per heavy atom. The highest BCUT2D eigenvalue weighted by Crippen LogP contribution is 2.65. The fourth-order valence-corrected chi connectivity index (χ4v) is 6.12. The van der Waals surface area contributed by atoms with Gasteiger partial charge in [0.15, 0.2) is 5.82 Å². The van der Waals surface area contributed by atoms with Crippen molar-refractivity contribution in [1.82, 2.24) is 0 Å². The van der Waals surface area contributed by atoms with E-state index < -0.39 is 117 Å². The minimum absolute atomic E-state index is 0.183. The first-order chi connectivity index (χ1) is 24.2. The second-order valence-electron chi connectivity index (χ2n) is 11.4. The first-order valence-corrected chi connectivity index (χ1v) is 15.5. The van der Waals surface area contributed by atoms with Crippen LogP contribution in [0, 0.1) is 23.4 Å². The lowest BCUT2D eigenvalue weighted by Crippen LogP contribution is -2.47. The molecule has 0 heterocycles. The average Bonchev–Trinajstić information content (AvgIpc) is 3.60. The molecule has 0 aromatic heterocycles. The van der Waals surface area contributed by atoms with Gasteiger partial charge < -0.3 is 10.6 Å². The van der Waals surface area contributed by atoms with Gasteiger partial charge in [0, 0.05) is 36.4 Å². The molecule has 3 aromatic carbocycles. The van der Waals surface area contributed by atoms with Crippen LogP contribution < -0.4 is 10.6 Å². The summed E-state index contributed by atoms with van der Waals surface area (Å²) in [6.07, 6.45) is -22.7. The maximum absolute atomic E-state index is 15.2. The van der Waals surface area contributed by atoms with E-state index in [1.807, 2.05) is 5.32 Å². The number of benzene rings is 3. The highest BCUT2D eigenvalue weighted by atomic mass is 35.5. The lowest BCUT2D eigenvalue weighted by Gasteiger charge is -2.28. The van der Waals surface area contributed by atoms with Gasteiger partial charge in [0.25, 0.3) is 5.91 Å². The summed E-state index contributed by atoms with van der Waals surface area (Å²) < 4.78 is 174. The predicted octanol–water partition coefficient (Wildman–Crippen LogP) is 10.2. The summed E-state index contributed by atoms with van der Waals surface area (Å²) in [5, 5.41) is 3.98. The molecule has 0 spiro atoms. The fraction of sp³-hybridized carbons (Fsp3) is 0.323. The van der Waals surface area contributed by atoms with Crippen LogP contribution in [0.25, 0.3) is 0 Å². The van der Waals surface area contributed by atoms with Crippen LogP contribution in [0.3, 0.4) is 0 Å². The van der Waals surface area contributed by atoms with Gasteiger partial charge >= 0.3 is 24.6 Å². The van der Waals surface area contributed by atoms with Crippen molar-refractivity contribution in [1.29, 1.82) is 0 Å². The SMILES string of the molecule is O=C(CCC(F)(OC(F)(F)F)C(F)(F)F)Cc1c(F)ccc(NC(=O)c2cc(NC(=O)[C@H]3[C@H](c4ccc(F)c(C(F)(F)F)c4)C3(Cl)Cl)ccc2Cl)c1F. The van der Waals surface area contributed by atoms with Crippen LogP contribution in [0.2, 0.25) is 5.02 Å². The number of rotatable bonds is 11. The van der Waals surface area contributed by atoms with E-state index >= 15 is 4.39 Å². The zero-order chi connectivity index (χ0) is 40.1. The Bertz CT molecular complexity index is 1940. The minimum Gasteiger partial charge on any atom is -0.326 e. The van der Waals surface area contributed by atoms with Crippen molar-refractivity contribution in [3.63, 3.8) is 0 Å². The third kappa shape index (κ3) is 9.47. The van der Waals surface area contributed by atoms with Gasteiger partial charge in [0.1, 0.15) is 21.8 Å². The zero-order valence-electron chi connectivity index (χ0n) is 25.6. The number of carbonyl (C=O) groups excluding carboxylic acids is 3. The molecule has 0 bridgehead atoms. The van der Waals surface area contributed by atoms with Crippen molar-refractivity contribution in [2.45, 2.75) is 54.1 Å². The highest BCUT2D eigenvalue weighted by molar-refractivity contribution is 6.53. The Hall–Kier alpha value is -3.81. The van der Waals surface area contributed by atoms with Crippen LogP contribution in [0.5, 0.6) is 0 Å². The molecule has 4 rings (SSSR count). The lowest BCUT2D eigenvalue weighted by molar-refractivity contribution is -0.448. The molecule has 53 heavy (non-hydrogen) atoms. The number of hydrogen-bond acceptors (Lipinski definition) is 4. The van der Waals surface area contributed by atoms with Crippen LogP contribution in [-0.2, 0) is 26.9 Å². The fourth-order valence-electron chi connectivity index (χ4n) is 5.08. The molecule has 0 radical (unpaired) electrons. The number of carbonyl (C=O) groups is 3. The monoisotopic (exact) mass is 834 g/mol. The van der Waals surface area contributed by atoms with E-state index in [9.17, 15) is 67.1 Å². The van der Waals surface area contributed by atoms with Gasteiger partial charge in [-0.3, -0.25) is 14.4 Å². The molecule has 288 valence electrons. The molecule has 3 atom stereocenters. The second-order valence-corrected chi connectivity index (χ2v) is 13.2. The maximum Gasteiger partial charge on any atom is 0.525 e. The van der Waals surface area contributed by atoms with Gasteiger partial charge in [-0.15, -0.1) is 36.4 Å². The van der Waals surface area contributed by atoms with Gasteiger partial charge in [-0.05, 0) is 48.0 Å². The quantitative estimate of drug-likeness (QED) is 0.149. The Morgan fingerprint density at radius 1 is 0.811 bits per heavy atom. The van der Waals surface area contributed by atoms with E-state index in [4.69, 9.17) is 34.8 Å². The molecule has 1 aliphatic carbocycles. The van der Waals surface area contributed by atoms with E-state index in [0.29, 0.717) is 24.3 Å². The second kappa shape index (κ2) is 14.8. The number of amides is 2. The van der Waals surface area contributed by atoms with Gasteiger partial charge in [-0.2, -0.15) is 26.3 Å². The van der Waals surface area contributed by atoms with Gasteiger partial charge in [-0.25, -0.2) is 22.3 Å². The summed E-state index contributed by atoms with van der Waals surface area (Å²) in [4.78, 5) is 38.3. The molecule has 2 amide bonds. The Kier molecular flexibility index (Phi) is 11.7. The molecule has 1 aliphatic rings. The Morgan fingerprint density at radius 2 is 1.43 bits per heavy atom. The number of nitrogens with one attached hydrogen (secondary N) is 2. The van der Waals surface area contributed by atoms with Crippen molar-refractivity contribution < 1.29 is 76.2 Å². The summed E-state index contributed by atoms with van der Waals surface area (Å²) >= 11 is 18.4. The maximum atomic E-state index is 15.2. The van der Waals surface area contributed by atoms with Crippen molar-refractivity contribution >= 4 is 63.8 Å². The topological polar surface area (TPSA) is 84.5 Å². The zero-order valence-corrected chi connectivity index (χ0v) is 27.8. The van der Waals surface area contributed by atoms with E-state index in [-0.39, 0.29) is 16.3 Å². The molecule has 6 nitrogen and oxygen atoms in total. The van der Waals surface area contributed by atoms with Crippen molar-refractivity contribution in [2.75, 3.05) is 10.6 Å². The number of ketones is 1. The third-order valence-corrected chi connectivity index (χ3v) is 8.97. The molecular weight excluding hydrogens is 818 g/mol. The molecule has 3 aromatic rings. The summed E-state index contributed by atoms with van der Waals surface area (Å²) in [7, 11) is 0. The number of ether oxygens (including phenoxy) is 1. The third-order valence-electron chi connectivity index (χ3n) is 7.70. The number of halogens is 16. The smallest absolute Gasteiger partial charge is 0.326 e. The van der Waals surface area contributed by atoms with E-state index in [1.165, 1.54) is 0 Å². The standard InChI is InChI=1S/C31H18Cl3F13N2O4/c32-18-3-2-13(48-26(52)23-22(28(23,33)34)12-1-4-20(36)17(9-12)29(39,40)41)10-15(18)25(51)49-21-6-5-19(35)16(24(21)37)11-14(50)7-8-27(38,30(42,43)44)53-31(45,46)47/h1-6,9-10,22-23H,7-8,11H2,(H,48,52)(H,49,51)/t22-,23+,27?/m0/s1. The summed E-state index contributed by atoms with van der Waals surface area (Å²) in [6.45, 7) is 0. The number of alkyl halides is 12. The molecule has 1 unspecified atom stereocenters. The molecule has 22 heteroatoms. The van der Waals surface area contributed by atoms with Crippen molar-refractivity contribution in [2.24, 2.45) is 5.92 Å². The van der Waals surface area contributed by atoms with E-state index in [0.717, 1.165) is 24.3 Å². The van der Waals surface area contributed by atoms with Gasteiger partial charge in [0.05, 0.1) is 27.8 Å². The average molecular weight is 836 g/mol. The molecule has 2 N–H and O–H groups in total. The minimum atomic E-state index is -6.25. The number of anilines is 2. The van der Waals surface area contributed by atoms with Crippen LogP contribution >= 0.6 is 34.8 Å². The molecule has 1 saturated carbocycles. The first-order valence-electron chi connectivity index (χ1n) is 14.3. The molecular formula is C31H18Cl3F13N2O4. The number of hydrogen-bond donors (Lipinski definition) is 2. The molecule has 0 saturated heterocycles. The largest absolute Gasteiger partial charge is 0.525 e. The normalized spacial score (nSPS) is 18.3. The first kappa shape index (κ1) is 41.9. The van der Waals surface area contributed by atoms with Crippen LogP contribution in [-0.4, -0.2) is 40.3 Å².